The van der Waals surface area contributed by atoms with Crippen molar-refractivity contribution in [1.82, 2.24) is 10.0 Å². The van der Waals surface area contributed by atoms with Gasteiger partial charge in [-0.1, -0.05) is 0 Å². The topological polar surface area (TPSA) is 126 Å². The molecule has 0 unspecified atom stereocenters. The molecular weight excluding hydrogens is 344 g/mol. The Labute approximate surface area is 138 Å². The lowest BCUT2D eigenvalue weighted by Crippen LogP contribution is -2.56. The fraction of sp³-hybridized carbons (Fsp3) is 0.538. The van der Waals surface area contributed by atoms with Crippen LogP contribution in [-0.2, 0) is 14.8 Å². The Hall–Kier alpha value is -1.52. The van der Waals surface area contributed by atoms with Crippen LogP contribution < -0.4 is 10.0 Å². The average molecular weight is 362 g/mol. The van der Waals surface area contributed by atoms with Crippen LogP contribution >= 0.6 is 11.8 Å². The largest absolute Gasteiger partial charge is 0.480 e. The van der Waals surface area contributed by atoms with Gasteiger partial charge in [0, 0.05) is 6.07 Å². The number of furan rings is 1. The summed E-state index contributed by atoms with van der Waals surface area (Å²) in [5.74, 6) is -0.359. The number of sulfonamides is 1. The number of aliphatic carboxylic acids is 1. The van der Waals surface area contributed by atoms with Gasteiger partial charge in [-0.3, -0.25) is 4.79 Å². The van der Waals surface area contributed by atoms with E-state index in [9.17, 15) is 23.1 Å². The summed E-state index contributed by atoms with van der Waals surface area (Å²) in [6.07, 6.45) is 0.634. The Morgan fingerprint density at radius 3 is 2.48 bits per heavy atom. The Kier molecular flexibility index (Phi) is 5.07. The van der Waals surface area contributed by atoms with Gasteiger partial charge in [-0.2, -0.15) is 11.8 Å². The quantitative estimate of drug-likeness (QED) is 0.699. The van der Waals surface area contributed by atoms with Crippen molar-refractivity contribution in [3.63, 3.8) is 0 Å². The van der Waals surface area contributed by atoms with E-state index >= 15 is 0 Å². The van der Waals surface area contributed by atoms with Gasteiger partial charge in [-0.15, -0.1) is 0 Å². The third-order valence-electron chi connectivity index (χ3n) is 3.78. The molecule has 0 atom stereocenters. The molecule has 1 aliphatic rings. The molecule has 2 heterocycles. The van der Waals surface area contributed by atoms with Crippen LogP contribution in [0.2, 0.25) is 0 Å². The van der Waals surface area contributed by atoms with E-state index in [-0.39, 0.29) is 16.4 Å². The van der Waals surface area contributed by atoms with Gasteiger partial charge in [-0.05, 0) is 38.3 Å². The molecule has 10 heteroatoms. The van der Waals surface area contributed by atoms with Crippen LogP contribution in [-0.4, -0.2) is 49.5 Å². The Bertz CT molecular complexity index is 719. The van der Waals surface area contributed by atoms with Crippen LogP contribution in [0.15, 0.2) is 15.6 Å². The third kappa shape index (κ3) is 3.54. The Morgan fingerprint density at radius 1 is 1.35 bits per heavy atom. The van der Waals surface area contributed by atoms with Crippen LogP contribution in [0, 0.1) is 6.92 Å². The van der Waals surface area contributed by atoms with Crippen LogP contribution in [0.25, 0.3) is 0 Å². The zero-order valence-electron chi connectivity index (χ0n) is 12.7. The van der Waals surface area contributed by atoms with Crippen molar-refractivity contribution in [3.8, 4) is 0 Å². The van der Waals surface area contributed by atoms with Crippen molar-refractivity contribution in [3.05, 3.63) is 17.4 Å². The molecule has 3 N–H and O–H groups in total. The Balaban J connectivity index is 2.28. The summed E-state index contributed by atoms with van der Waals surface area (Å²) >= 11 is 1.63. The highest BCUT2D eigenvalue weighted by atomic mass is 32.2. The second-order valence-electron chi connectivity index (χ2n) is 5.20. The number of carboxylic acids is 1. The van der Waals surface area contributed by atoms with Gasteiger partial charge < -0.3 is 14.8 Å². The number of carbonyl (C=O) groups excluding carboxylic acids is 1. The first-order valence-corrected chi connectivity index (χ1v) is 9.53. The van der Waals surface area contributed by atoms with Crippen LogP contribution in [0.4, 0.5) is 0 Å². The summed E-state index contributed by atoms with van der Waals surface area (Å²) in [6.45, 7) is 1.45. The van der Waals surface area contributed by atoms with Crippen molar-refractivity contribution < 1.29 is 27.5 Å². The van der Waals surface area contributed by atoms with Crippen molar-refractivity contribution >= 4 is 33.7 Å². The first-order chi connectivity index (χ1) is 10.7. The van der Waals surface area contributed by atoms with Gasteiger partial charge >= 0.3 is 5.97 Å². The second kappa shape index (κ2) is 6.54. The minimum atomic E-state index is -3.81. The van der Waals surface area contributed by atoms with Gasteiger partial charge in [0.25, 0.3) is 15.9 Å². The maximum Gasteiger partial charge on any atom is 0.329 e. The van der Waals surface area contributed by atoms with E-state index in [4.69, 9.17) is 4.42 Å². The predicted octanol–water partition coefficient (Wildman–Crippen LogP) is 0.576. The average Bonchev–Trinajstić information content (AvgIpc) is 2.91. The molecule has 1 amide bonds. The normalized spacial score (nSPS) is 17.7. The molecule has 128 valence electrons. The molecule has 0 radical (unpaired) electrons. The van der Waals surface area contributed by atoms with Crippen LogP contribution in [0.1, 0.15) is 29.0 Å². The van der Waals surface area contributed by atoms with Crippen molar-refractivity contribution in [2.45, 2.75) is 30.4 Å². The molecule has 23 heavy (non-hydrogen) atoms. The van der Waals surface area contributed by atoms with E-state index in [0.717, 1.165) is 6.07 Å². The van der Waals surface area contributed by atoms with Gasteiger partial charge in [0.05, 0.1) is 5.56 Å². The fourth-order valence-corrected chi connectivity index (χ4v) is 4.21. The van der Waals surface area contributed by atoms with E-state index in [2.05, 4.69) is 10.0 Å². The lowest BCUT2D eigenvalue weighted by atomic mass is 9.92. The first-order valence-electron chi connectivity index (χ1n) is 6.89. The number of hydrogen-bond acceptors (Lipinski definition) is 6. The molecule has 1 aromatic heterocycles. The summed E-state index contributed by atoms with van der Waals surface area (Å²) in [4.78, 5) is 24.0. The maximum absolute atomic E-state index is 12.4. The number of rotatable bonds is 5. The Morgan fingerprint density at radius 2 is 1.96 bits per heavy atom. The lowest BCUT2D eigenvalue weighted by Gasteiger charge is -2.33. The third-order valence-corrected chi connectivity index (χ3v) is 6.04. The molecular formula is C13H18N2O6S2. The molecule has 0 aliphatic carbocycles. The first kappa shape index (κ1) is 17.8. The van der Waals surface area contributed by atoms with E-state index in [1.807, 2.05) is 0 Å². The number of hydrogen-bond donors (Lipinski definition) is 3. The van der Waals surface area contributed by atoms with Crippen molar-refractivity contribution in [2.24, 2.45) is 0 Å². The van der Waals surface area contributed by atoms with Gasteiger partial charge in [0.1, 0.15) is 11.3 Å². The number of thioether (sulfide) groups is 1. The van der Waals surface area contributed by atoms with E-state index in [1.54, 1.807) is 11.8 Å². The molecule has 0 bridgehead atoms. The van der Waals surface area contributed by atoms with Crippen molar-refractivity contribution in [1.29, 1.82) is 0 Å². The van der Waals surface area contributed by atoms with E-state index in [0.29, 0.717) is 24.3 Å². The highest BCUT2D eigenvalue weighted by molar-refractivity contribution is 7.99. The monoisotopic (exact) mass is 362 g/mol. The van der Waals surface area contributed by atoms with Crippen LogP contribution in [0.3, 0.4) is 0 Å². The number of aryl methyl sites for hydroxylation is 1. The highest BCUT2D eigenvalue weighted by Gasteiger charge is 2.42. The van der Waals surface area contributed by atoms with Crippen molar-refractivity contribution in [2.75, 3.05) is 18.6 Å². The highest BCUT2D eigenvalue weighted by Crippen LogP contribution is 2.28. The fourth-order valence-electron chi connectivity index (χ4n) is 2.31. The summed E-state index contributed by atoms with van der Waals surface area (Å²) < 4.78 is 30.6. The van der Waals surface area contributed by atoms with Gasteiger partial charge in [-0.25, -0.2) is 17.9 Å². The van der Waals surface area contributed by atoms with Crippen LogP contribution in [0.5, 0.6) is 0 Å². The maximum atomic E-state index is 12.4. The smallest absolute Gasteiger partial charge is 0.329 e. The van der Waals surface area contributed by atoms with Gasteiger partial charge in [0.2, 0.25) is 5.09 Å². The number of nitrogens with one attached hydrogen (secondary N) is 2. The summed E-state index contributed by atoms with van der Waals surface area (Å²) in [5, 5.41) is 11.6. The minimum Gasteiger partial charge on any atom is -0.480 e. The molecule has 0 aromatic carbocycles. The molecule has 1 saturated heterocycles. The van der Waals surface area contributed by atoms with E-state index < -0.39 is 27.4 Å². The zero-order chi connectivity index (χ0) is 17.3. The predicted molar refractivity (Wildman–Crippen MR) is 84.1 cm³/mol. The van der Waals surface area contributed by atoms with Gasteiger partial charge in [0.15, 0.2) is 0 Å². The molecule has 0 spiro atoms. The SMILES string of the molecule is CNS(=O)(=O)c1cc(C(=O)NC2(C(=O)O)CCSCC2)c(C)o1. The lowest BCUT2D eigenvalue weighted by molar-refractivity contribution is -0.144. The summed E-state index contributed by atoms with van der Waals surface area (Å²) in [5.41, 5.74) is -1.31. The molecule has 1 aliphatic heterocycles. The second-order valence-corrected chi connectivity index (χ2v) is 8.24. The molecule has 1 aromatic rings. The minimum absolute atomic E-state index is 0.0117. The molecule has 0 saturated carbocycles. The molecule has 8 nitrogen and oxygen atoms in total. The summed E-state index contributed by atoms with van der Waals surface area (Å²) in [6, 6.07) is 1.10. The zero-order valence-corrected chi connectivity index (χ0v) is 14.3. The standard InChI is InChI=1S/C13H18N2O6S2/c1-8-9(7-10(21-8)23(19,20)14-2)11(16)15-13(12(17)18)3-5-22-6-4-13/h7,14H,3-6H2,1-2H3,(H,15,16)(H,17,18). The molecule has 1 fully saturated rings. The van der Waals surface area contributed by atoms with E-state index in [1.165, 1.54) is 14.0 Å². The summed E-state index contributed by atoms with van der Waals surface area (Å²) in [7, 11) is -2.59. The number of carboxylic acid groups (broad SMARTS) is 1. The number of carbonyl (C=O) groups is 2. The molecule has 2 rings (SSSR count). The number of amides is 1.